The van der Waals surface area contributed by atoms with Gasteiger partial charge in [-0.05, 0) is 70.6 Å². The first-order valence-electron chi connectivity index (χ1n) is 34.1. The van der Waals surface area contributed by atoms with E-state index in [1.165, 1.54) is 205 Å². The predicted molar refractivity (Wildman–Crippen MR) is 344 cm³/mol. The van der Waals surface area contributed by atoms with Gasteiger partial charge in [0.15, 0.2) is 6.10 Å². The summed E-state index contributed by atoms with van der Waals surface area (Å²) in [4.78, 5) is 38.3. The van der Waals surface area contributed by atoms with Crippen molar-refractivity contribution in [2.45, 2.75) is 348 Å². The van der Waals surface area contributed by atoms with Crippen LogP contribution in [-0.2, 0) is 28.6 Å². The first-order valence-corrected chi connectivity index (χ1v) is 34.1. The van der Waals surface area contributed by atoms with Crippen LogP contribution in [0.1, 0.15) is 342 Å². The van der Waals surface area contributed by atoms with E-state index in [1.807, 2.05) is 0 Å². The van der Waals surface area contributed by atoms with Crippen molar-refractivity contribution in [1.82, 2.24) is 0 Å². The highest BCUT2D eigenvalue weighted by Gasteiger charge is 2.19. The summed E-state index contributed by atoms with van der Waals surface area (Å²) in [7, 11) is 0. The highest BCUT2D eigenvalue weighted by molar-refractivity contribution is 5.71. The molecule has 0 spiro atoms. The van der Waals surface area contributed by atoms with E-state index in [9.17, 15) is 14.4 Å². The lowest BCUT2D eigenvalue weighted by Gasteiger charge is -2.18. The summed E-state index contributed by atoms with van der Waals surface area (Å²) in [5.74, 6) is -0.940. The van der Waals surface area contributed by atoms with E-state index in [1.54, 1.807) is 0 Å². The Morgan fingerprint density at radius 2 is 0.494 bits per heavy atom. The molecule has 0 radical (unpaired) electrons. The summed E-state index contributed by atoms with van der Waals surface area (Å²) in [6.07, 6.45) is 89.1. The van der Waals surface area contributed by atoms with Gasteiger partial charge >= 0.3 is 17.9 Å². The van der Waals surface area contributed by atoms with Gasteiger partial charge in [-0.1, -0.05) is 337 Å². The van der Waals surface area contributed by atoms with Crippen molar-refractivity contribution in [2.24, 2.45) is 0 Å². The molecule has 6 heteroatoms. The van der Waals surface area contributed by atoms with Gasteiger partial charge in [-0.3, -0.25) is 14.4 Å². The molecule has 1 unspecified atom stereocenters. The van der Waals surface area contributed by atoms with Gasteiger partial charge in [0.05, 0.1) is 0 Å². The topological polar surface area (TPSA) is 78.9 Å². The average Bonchev–Trinajstić information content (AvgIpc) is 3.45. The number of ether oxygens (including phenoxy) is 3. The Balaban J connectivity index is 4.29. The Bertz CT molecular complexity index is 1500. The molecule has 0 aliphatic rings. The van der Waals surface area contributed by atoms with Crippen molar-refractivity contribution >= 4 is 17.9 Å². The molecule has 0 aliphatic heterocycles. The highest BCUT2D eigenvalue weighted by atomic mass is 16.6. The van der Waals surface area contributed by atoms with E-state index in [0.717, 1.165) is 89.9 Å². The maximum Gasteiger partial charge on any atom is 0.306 e. The molecule has 0 aromatic carbocycles. The van der Waals surface area contributed by atoms with Crippen molar-refractivity contribution in [3.63, 3.8) is 0 Å². The Hall–Kier alpha value is -3.41. The quantitative estimate of drug-likeness (QED) is 0.0261. The minimum Gasteiger partial charge on any atom is -0.462 e. The van der Waals surface area contributed by atoms with E-state index >= 15 is 0 Å². The Morgan fingerprint density at radius 1 is 0.266 bits per heavy atom. The Kier molecular flexibility index (Phi) is 64.2. The van der Waals surface area contributed by atoms with Crippen LogP contribution < -0.4 is 0 Å². The lowest BCUT2D eigenvalue weighted by Crippen LogP contribution is -2.30. The number of hydrogen-bond acceptors (Lipinski definition) is 6. The standard InChI is InChI=1S/C73H128O6/c1-4-7-10-13-16-19-22-24-26-28-30-32-34-35-36-37-39-40-42-44-46-48-51-54-57-60-63-66-72(75)78-69-70(68-77-71(74)65-62-59-56-53-50-21-18-15-12-9-6-3)79-73(76)67-64-61-58-55-52-49-47-45-43-41-38-33-31-29-27-25-23-20-17-14-11-8-5-2/h8,11,17,20,25,27,31,33,41,43,47,49,55,58,70H,4-7,9-10,12-16,18-19,21-24,26,28-30,32,34-40,42,44-46,48,50-54,56-57,59-69H2,1-3H3/b11-8-,20-17-,27-25-,33-31-,43-41-,49-47-,58-55-. The maximum atomic E-state index is 12.9. The summed E-state index contributed by atoms with van der Waals surface area (Å²) in [6, 6.07) is 0. The van der Waals surface area contributed by atoms with Crippen molar-refractivity contribution in [3.05, 3.63) is 85.1 Å². The van der Waals surface area contributed by atoms with E-state index < -0.39 is 6.10 Å². The molecule has 0 aromatic rings. The second kappa shape index (κ2) is 67.1. The molecular formula is C73H128O6. The molecule has 0 saturated carbocycles. The number of esters is 3. The van der Waals surface area contributed by atoms with Gasteiger partial charge in [-0.25, -0.2) is 0 Å². The molecule has 1 atom stereocenters. The highest BCUT2D eigenvalue weighted by Crippen LogP contribution is 2.18. The number of carbonyl (C=O) groups excluding carboxylic acids is 3. The zero-order valence-electron chi connectivity index (χ0n) is 52.4. The summed E-state index contributed by atoms with van der Waals surface area (Å²) >= 11 is 0. The smallest absolute Gasteiger partial charge is 0.306 e. The number of hydrogen-bond donors (Lipinski definition) is 0. The van der Waals surface area contributed by atoms with Gasteiger partial charge in [-0.2, -0.15) is 0 Å². The van der Waals surface area contributed by atoms with Gasteiger partial charge in [0.1, 0.15) is 13.2 Å². The van der Waals surface area contributed by atoms with Crippen LogP contribution in [0.25, 0.3) is 0 Å². The first-order chi connectivity index (χ1) is 39.0. The Morgan fingerprint density at radius 3 is 0.759 bits per heavy atom. The van der Waals surface area contributed by atoms with Crippen LogP contribution in [0.5, 0.6) is 0 Å². The molecule has 0 heterocycles. The zero-order chi connectivity index (χ0) is 57.1. The van der Waals surface area contributed by atoms with Crippen molar-refractivity contribution < 1.29 is 28.6 Å². The molecule has 79 heavy (non-hydrogen) atoms. The summed E-state index contributed by atoms with van der Waals surface area (Å²) in [5.41, 5.74) is 0. The van der Waals surface area contributed by atoms with Crippen LogP contribution in [0.4, 0.5) is 0 Å². The number of unbranched alkanes of at least 4 members (excludes halogenated alkanes) is 37. The third kappa shape index (κ3) is 65.3. The molecule has 0 aliphatic carbocycles. The van der Waals surface area contributed by atoms with Gasteiger partial charge < -0.3 is 14.2 Å². The van der Waals surface area contributed by atoms with Crippen LogP contribution in [0, 0.1) is 0 Å². The third-order valence-electron chi connectivity index (χ3n) is 14.9. The van der Waals surface area contributed by atoms with Crippen LogP contribution in [0.2, 0.25) is 0 Å². The predicted octanol–water partition coefficient (Wildman–Crippen LogP) is 23.4. The second-order valence-corrected chi connectivity index (χ2v) is 22.7. The average molecular weight is 1100 g/mol. The van der Waals surface area contributed by atoms with Crippen LogP contribution in [0.15, 0.2) is 85.1 Å². The van der Waals surface area contributed by atoms with E-state index in [4.69, 9.17) is 14.2 Å². The SMILES string of the molecule is CC/C=C\C/C=C\C/C=C\C/C=C\C/C=C\C/C=C\C/C=C\CCCC(=O)OC(COC(=O)CCCCCCCCCCCCC)COC(=O)CCCCCCCCCCCCCCCCCCCCCCCCCCCCC. The summed E-state index contributed by atoms with van der Waals surface area (Å²) in [6.45, 7) is 6.52. The minimum absolute atomic E-state index is 0.0956. The first kappa shape index (κ1) is 75.6. The lowest BCUT2D eigenvalue weighted by molar-refractivity contribution is -0.167. The second-order valence-electron chi connectivity index (χ2n) is 22.7. The molecule has 6 nitrogen and oxygen atoms in total. The molecule has 0 aromatic heterocycles. The summed E-state index contributed by atoms with van der Waals surface area (Å²) < 4.78 is 16.9. The molecule has 0 saturated heterocycles. The largest absolute Gasteiger partial charge is 0.462 e. The molecule has 0 bridgehead atoms. The molecule has 0 N–H and O–H groups in total. The molecule has 0 amide bonds. The van der Waals surface area contributed by atoms with Gasteiger partial charge in [0, 0.05) is 19.3 Å². The molecular weight excluding hydrogens is 973 g/mol. The minimum atomic E-state index is -0.805. The Labute approximate surface area is 490 Å². The van der Waals surface area contributed by atoms with Crippen LogP contribution >= 0.6 is 0 Å². The van der Waals surface area contributed by atoms with E-state index in [0.29, 0.717) is 19.3 Å². The summed E-state index contributed by atoms with van der Waals surface area (Å²) in [5, 5.41) is 0. The molecule has 456 valence electrons. The van der Waals surface area contributed by atoms with E-state index in [2.05, 4.69) is 106 Å². The molecule has 0 fully saturated rings. The zero-order valence-corrected chi connectivity index (χ0v) is 52.4. The van der Waals surface area contributed by atoms with E-state index in [-0.39, 0.29) is 37.5 Å². The van der Waals surface area contributed by atoms with Crippen molar-refractivity contribution in [3.8, 4) is 0 Å². The number of carbonyl (C=O) groups is 3. The molecule has 0 rings (SSSR count). The van der Waals surface area contributed by atoms with Gasteiger partial charge in [-0.15, -0.1) is 0 Å². The number of allylic oxidation sites excluding steroid dienone is 14. The lowest BCUT2D eigenvalue weighted by atomic mass is 10.0. The van der Waals surface area contributed by atoms with Crippen LogP contribution in [-0.4, -0.2) is 37.2 Å². The van der Waals surface area contributed by atoms with Crippen molar-refractivity contribution in [1.29, 1.82) is 0 Å². The monoisotopic (exact) mass is 1100 g/mol. The normalized spacial score (nSPS) is 12.6. The van der Waals surface area contributed by atoms with Gasteiger partial charge in [0.25, 0.3) is 0 Å². The maximum absolute atomic E-state index is 12.9. The third-order valence-corrected chi connectivity index (χ3v) is 14.9. The fourth-order valence-corrected chi connectivity index (χ4v) is 9.85. The van der Waals surface area contributed by atoms with Crippen molar-refractivity contribution in [2.75, 3.05) is 13.2 Å². The fourth-order valence-electron chi connectivity index (χ4n) is 9.85. The van der Waals surface area contributed by atoms with Crippen LogP contribution in [0.3, 0.4) is 0 Å². The fraction of sp³-hybridized carbons (Fsp3) is 0.767. The number of rotatable bonds is 62. The van der Waals surface area contributed by atoms with Gasteiger partial charge in [0.2, 0.25) is 0 Å².